The number of carbonyl (C=O) groups is 4. The summed E-state index contributed by atoms with van der Waals surface area (Å²) in [6.45, 7) is 5.59. The molecule has 0 aliphatic rings. The first kappa shape index (κ1) is 36.7. The van der Waals surface area contributed by atoms with Crippen molar-refractivity contribution in [1.29, 1.82) is 0 Å². The zero-order chi connectivity index (χ0) is 34.4. The zero-order valence-corrected chi connectivity index (χ0v) is 26.7. The van der Waals surface area contributed by atoms with Crippen molar-refractivity contribution in [3.05, 3.63) is 77.6 Å². The van der Waals surface area contributed by atoms with Crippen molar-refractivity contribution < 1.29 is 47.1 Å². The number of aliphatic carboxylic acids is 1. The Morgan fingerprint density at radius 3 is 2.40 bits per heavy atom. The van der Waals surface area contributed by atoms with Crippen LogP contribution in [0.4, 0.5) is 8.78 Å². The summed E-state index contributed by atoms with van der Waals surface area (Å²) >= 11 is 0. The molecular formula is C34H41F2N3O8. The van der Waals surface area contributed by atoms with E-state index >= 15 is 0 Å². The maximum absolute atomic E-state index is 14.3. The zero-order valence-electron chi connectivity index (χ0n) is 26.7. The molecule has 3 amide bonds. The molecule has 0 saturated heterocycles. The highest BCUT2D eigenvalue weighted by molar-refractivity contribution is 5.92. The van der Waals surface area contributed by atoms with E-state index in [2.05, 4.69) is 10.6 Å². The van der Waals surface area contributed by atoms with E-state index in [1.54, 1.807) is 6.92 Å². The van der Waals surface area contributed by atoms with Gasteiger partial charge in [0.1, 0.15) is 18.1 Å². The van der Waals surface area contributed by atoms with Crippen LogP contribution in [0.5, 0.6) is 5.75 Å². The standard InChI is InChI=1S/C34H41F2N3O8/c1-4-7-9-14-27(28(5-2)39(22-40)46-20-23-12-10-8-11-13-23)31(41)37-21-38-32(42)30-16-15-29(47-30)24-17-25(34(35,36)33(43)44)19-26(18-24)45-6-3/h8,10-13,15-19,22,27-28H,4-7,9,14,20-21H2,1-3H3,(H,37,41)(H,38,42)(H,43,44)/t27?,28-/m1/s1. The van der Waals surface area contributed by atoms with Gasteiger partial charge in [-0.1, -0.05) is 63.4 Å². The lowest BCUT2D eigenvalue weighted by atomic mass is 9.90. The lowest BCUT2D eigenvalue weighted by molar-refractivity contribution is -0.200. The van der Waals surface area contributed by atoms with Gasteiger partial charge in [-0.05, 0) is 55.7 Å². The van der Waals surface area contributed by atoms with Gasteiger partial charge in [0.15, 0.2) is 5.76 Å². The highest BCUT2D eigenvalue weighted by Gasteiger charge is 2.42. The van der Waals surface area contributed by atoms with Crippen molar-refractivity contribution in [2.75, 3.05) is 13.3 Å². The Bertz CT molecular complexity index is 1480. The highest BCUT2D eigenvalue weighted by atomic mass is 19.3. The van der Waals surface area contributed by atoms with Crippen LogP contribution in [0.3, 0.4) is 0 Å². The highest BCUT2D eigenvalue weighted by Crippen LogP contribution is 2.35. The lowest BCUT2D eigenvalue weighted by Gasteiger charge is -2.32. The molecule has 0 saturated carbocycles. The third kappa shape index (κ3) is 10.1. The molecule has 3 aromatic rings. The number of furan rings is 1. The molecule has 0 fully saturated rings. The van der Waals surface area contributed by atoms with Crippen LogP contribution in [0.15, 0.2) is 65.1 Å². The van der Waals surface area contributed by atoms with Crippen LogP contribution in [0, 0.1) is 5.92 Å². The summed E-state index contributed by atoms with van der Waals surface area (Å²) in [6, 6.07) is 14.7. The molecule has 2 aromatic carbocycles. The molecule has 47 heavy (non-hydrogen) atoms. The first-order chi connectivity index (χ1) is 22.5. The van der Waals surface area contributed by atoms with E-state index in [0.29, 0.717) is 19.3 Å². The summed E-state index contributed by atoms with van der Waals surface area (Å²) < 4.78 is 39.5. The van der Waals surface area contributed by atoms with E-state index in [4.69, 9.17) is 19.1 Å². The largest absolute Gasteiger partial charge is 0.494 e. The smallest absolute Gasteiger partial charge is 0.379 e. The van der Waals surface area contributed by atoms with Gasteiger partial charge in [0.2, 0.25) is 12.3 Å². The first-order valence-corrected chi connectivity index (χ1v) is 15.5. The molecule has 0 radical (unpaired) electrons. The van der Waals surface area contributed by atoms with Crippen molar-refractivity contribution in [1.82, 2.24) is 15.7 Å². The van der Waals surface area contributed by atoms with Crippen molar-refractivity contribution >= 4 is 24.2 Å². The number of nitrogens with zero attached hydrogens (tertiary/aromatic N) is 1. The number of amides is 3. The number of hydroxylamine groups is 2. The fourth-order valence-corrected chi connectivity index (χ4v) is 5.02. The third-order valence-corrected chi connectivity index (χ3v) is 7.47. The van der Waals surface area contributed by atoms with Gasteiger partial charge in [-0.3, -0.25) is 19.2 Å². The van der Waals surface area contributed by atoms with Gasteiger partial charge < -0.3 is 24.9 Å². The summed E-state index contributed by atoms with van der Waals surface area (Å²) in [4.78, 5) is 55.2. The molecule has 1 unspecified atom stereocenters. The van der Waals surface area contributed by atoms with Crippen LogP contribution in [0.2, 0.25) is 0 Å². The minimum absolute atomic E-state index is 0.00326. The quantitative estimate of drug-likeness (QED) is 0.0590. The van der Waals surface area contributed by atoms with E-state index in [1.165, 1.54) is 23.3 Å². The Kier molecular flexibility index (Phi) is 13.9. The topological polar surface area (TPSA) is 147 Å². The SMILES string of the molecule is CCCCCC(C(=O)NCNC(=O)c1ccc(-c2cc(OCC)cc(C(F)(F)C(=O)O)c2)o1)[C@@H](CC)N(C=O)OCc1ccccc1. The molecule has 2 atom stereocenters. The second-order valence-electron chi connectivity index (χ2n) is 10.7. The molecule has 3 rings (SSSR count). The van der Waals surface area contributed by atoms with Crippen molar-refractivity contribution in [2.24, 2.45) is 5.92 Å². The molecule has 11 nitrogen and oxygen atoms in total. The average molecular weight is 658 g/mol. The van der Waals surface area contributed by atoms with E-state index in [9.17, 15) is 28.0 Å². The summed E-state index contributed by atoms with van der Waals surface area (Å²) in [6.07, 6.45) is 4.10. The minimum Gasteiger partial charge on any atom is -0.494 e. The summed E-state index contributed by atoms with van der Waals surface area (Å²) in [7, 11) is 0. The summed E-state index contributed by atoms with van der Waals surface area (Å²) in [5, 5.41) is 15.4. The third-order valence-electron chi connectivity index (χ3n) is 7.47. The van der Waals surface area contributed by atoms with Gasteiger partial charge in [0.25, 0.3) is 5.91 Å². The van der Waals surface area contributed by atoms with Crippen LogP contribution in [0.25, 0.3) is 11.3 Å². The number of ether oxygens (including phenoxy) is 1. The molecule has 13 heteroatoms. The predicted molar refractivity (Wildman–Crippen MR) is 168 cm³/mol. The number of hydrogen-bond donors (Lipinski definition) is 3. The Hall–Kier alpha value is -4.78. The molecular weight excluding hydrogens is 616 g/mol. The van der Waals surface area contributed by atoms with E-state index in [-0.39, 0.29) is 48.6 Å². The van der Waals surface area contributed by atoms with E-state index < -0.39 is 35.3 Å². The van der Waals surface area contributed by atoms with Crippen molar-refractivity contribution in [2.45, 2.75) is 71.4 Å². The summed E-state index contributed by atoms with van der Waals surface area (Å²) in [5.41, 5.74) is 0.133. The molecule has 1 aromatic heterocycles. The molecule has 0 aliphatic heterocycles. The van der Waals surface area contributed by atoms with Crippen molar-refractivity contribution in [3.8, 4) is 17.1 Å². The van der Waals surface area contributed by atoms with Crippen LogP contribution in [0.1, 0.15) is 74.6 Å². The van der Waals surface area contributed by atoms with Gasteiger partial charge >= 0.3 is 11.9 Å². The Morgan fingerprint density at radius 2 is 1.77 bits per heavy atom. The van der Waals surface area contributed by atoms with Gasteiger partial charge in [-0.25, -0.2) is 9.86 Å². The summed E-state index contributed by atoms with van der Waals surface area (Å²) in [5.74, 6) is -8.33. The predicted octanol–water partition coefficient (Wildman–Crippen LogP) is 5.89. The fourth-order valence-electron chi connectivity index (χ4n) is 5.02. The number of rotatable bonds is 20. The van der Waals surface area contributed by atoms with Gasteiger partial charge in [0.05, 0.1) is 25.2 Å². The molecule has 254 valence electrons. The molecule has 0 aliphatic carbocycles. The van der Waals surface area contributed by atoms with Gasteiger partial charge in [-0.15, -0.1) is 0 Å². The van der Waals surface area contributed by atoms with Gasteiger partial charge in [0, 0.05) is 11.1 Å². The number of benzene rings is 2. The molecule has 1 heterocycles. The second-order valence-corrected chi connectivity index (χ2v) is 10.7. The van der Waals surface area contributed by atoms with E-state index in [0.717, 1.165) is 37.0 Å². The normalized spacial score (nSPS) is 12.5. The van der Waals surface area contributed by atoms with Crippen molar-refractivity contribution in [3.63, 3.8) is 0 Å². The monoisotopic (exact) mass is 657 g/mol. The van der Waals surface area contributed by atoms with Crippen LogP contribution in [-0.4, -0.2) is 53.7 Å². The van der Waals surface area contributed by atoms with Crippen LogP contribution < -0.4 is 15.4 Å². The number of unbranched alkanes of at least 4 members (excludes halogenated alkanes) is 2. The lowest BCUT2D eigenvalue weighted by Crippen LogP contribution is -2.48. The maximum atomic E-state index is 14.3. The number of halogens is 2. The number of carbonyl (C=O) groups excluding carboxylic acids is 3. The molecule has 0 bridgehead atoms. The maximum Gasteiger partial charge on any atom is 0.379 e. The number of nitrogens with one attached hydrogen (secondary N) is 2. The first-order valence-electron chi connectivity index (χ1n) is 15.5. The second kappa shape index (κ2) is 17.8. The van der Waals surface area contributed by atoms with Crippen LogP contribution >= 0.6 is 0 Å². The number of alkyl halides is 2. The Labute approximate surface area is 272 Å². The number of carboxylic acid groups (broad SMARTS) is 1. The Balaban J connectivity index is 1.69. The molecule has 0 spiro atoms. The minimum atomic E-state index is -4.19. The fraction of sp³-hybridized carbons (Fsp3) is 0.412. The van der Waals surface area contributed by atoms with Crippen LogP contribution in [-0.2, 0) is 31.8 Å². The number of hydrogen-bond acceptors (Lipinski definition) is 7. The average Bonchev–Trinajstić information content (AvgIpc) is 3.57. The molecule has 3 N–H and O–H groups in total. The van der Waals surface area contributed by atoms with E-state index in [1.807, 2.05) is 44.2 Å². The number of carboxylic acids is 1. The van der Waals surface area contributed by atoms with Gasteiger partial charge in [-0.2, -0.15) is 8.78 Å². The Morgan fingerprint density at radius 1 is 1.02 bits per heavy atom.